The quantitative estimate of drug-likeness (QED) is 0.254. The van der Waals surface area contributed by atoms with Gasteiger partial charge in [-0.05, 0) is 81.9 Å². The van der Waals surface area contributed by atoms with Gasteiger partial charge in [0, 0.05) is 18.6 Å². The Bertz CT molecular complexity index is 1240. The van der Waals surface area contributed by atoms with Gasteiger partial charge in [-0.2, -0.15) is 13.2 Å². The molecular formula is C28H29BrCl3F4NO2. The molecule has 1 aliphatic carbocycles. The number of rotatable bonds is 5. The molecule has 0 bridgehead atoms. The maximum absolute atomic E-state index is 15.5. The zero-order chi connectivity index (χ0) is 29.0. The Labute approximate surface area is 248 Å². The van der Waals surface area contributed by atoms with Crippen LogP contribution in [0.15, 0.2) is 34.8 Å². The van der Waals surface area contributed by atoms with Crippen molar-refractivity contribution in [3.63, 3.8) is 0 Å². The molecule has 0 amide bonds. The van der Waals surface area contributed by atoms with Crippen LogP contribution in [0.1, 0.15) is 57.2 Å². The molecule has 1 heterocycles. The van der Waals surface area contributed by atoms with Crippen molar-refractivity contribution in [1.29, 1.82) is 0 Å². The molecular weight excluding hydrogens is 645 g/mol. The van der Waals surface area contributed by atoms with Gasteiger partial charge in [0.2, 0.25) is 0 Å². The highest BCUT2D eigenvalue weighted by Gasteiger charge is 2.71. The minimum absolute atomic E-state index is 0.0449. The lowest BCUT2D eigenvalue weighted by molar-refractivity contribution is -0.204. The molecule has 2 fully saturated rings. The van der Waals surface area contributed by atoms with Gasteiger partial charge in [-0.15, -0.1) is 0 Å². The van der Waals surface area contributed by atoms with Crippen molar-refractivity contribution in [3.05, 3.63) is 66.8 Å². The Morgan fingerprint density at radius 1 is 1.13 bits per heavy atom. The van der Waals surface area contributed by atoms with Crippen molar-refractivity contribution >= 4 is 56.7 Å². The topological polar surface area (TPSA) is 40.5 Å². The van der Waals surface area contributed by atoms with Gasteiger partial charge in [0.15, 0.2) is 0 Å². The fourth-order valence-electron chi connectivity index (χ4n) is 6.74. The predicted molar refractivity (Wildman–Crippen MR) is 149 cm³/mol. The molecule has 6 atom stereocenters. The van der Waals surface area contributed by atoms with Gasteiger partial charge < -0.3 is 5.11 Å². The second-order valence-electron chi connectivity index (χ2n) is 11.2. The zero-order valence-electron chi connectivity index (χ0n) is 21.5. The van der Waals surface area contributed by atoms with Crippen LogP contribution < -0.4 is 0 Å². The van der Waals surface area contributed by atoms with E-state index < -0.39 is 41.9 Å². The van der Waals surface area contributed by atoms with E-state index in [-0.39, 0.29) is 54.5 Å². The Hall–Kier alpha value is -1.06. The Balaban J connectivity index is 2.04. The van der Waals surface area contributed by atoms with E-state index in [0.717, 1.165) is 31.0 Å². The van der Waals surface area contributed by atoms with Crippen molar-refractivity contribution in [3.8, 4) is 0 Å². The molecule has 11 heteroatoms. The predicted octanol–water partition coefficient (Wildman–Crippen LogP) is 9.57. The number of hydrogen-bond donors (Lipinski definition) is 1. The number of carbonyl (C=O) groups is 1. The first-order valence-corrected chi connectivity index (χ1v) is 14.7. The molecule has 2 aromatic carbocycles. The highest BCUT2D eigenvalue weighted by Crippen LogP contribution is 2.60. The number of aliphatic carboxylic acids is 1. The highest BCUT2D eigenvalue weighted by atomic mass is 79.9. The minimum Gasteiger partial charge on any atom is -0.481 e. The molecule has 1 saturated heterocycles. The summed E-state index contributed by atoms with van der Waals surface area (Å²) in [5.41, 5.74) is -2.95. The molecule has 0 radical (unpaired) electrons. The van der Waals surface area contributed by atoms with E-state index in [1.165, 1.54) is 12.1 Å². The molecule has 0 spiro atoms. The van der Waals surface area contributed by atoms with Crippen LogP contribution in [-0.4, -0.2) is 34.7 Å². The summed E-state index contributed by atoms with van der Waals surface area (Å²) in [6.07, 6.45) is -2.64. The van der Waals surface area contributed by atoms with Crippen molar-refractivity contribution < 1.29 is 27.5 Å². The third kappa shape index (κ3) is 5.45. The first-order chi connectivity index (χ1) is 18.1. The lowest BCUT2D eigenvalue weighted by atomic mass is 9.68. The van der Waals surface area contributed by atoms with Crippen LogP contribution in [0.4, 0.5) is 17.6 Å². The van der Waals surface area contributed by atoms with E-state index in [0.29, 0.717) is 6.42 Å². The number of nitrogens with zero attached hydrogens (tertiary/aromatic N) is 1. The van der Waals surface area contributed by atoms with Crippen LogP contribution in [0, 0.1) is 29.5 Å². The summed E-state index contributed by atoms with van der Waals surface area (Å²) >= 11 is 21.6. The Morgan fingerprint density at radius 3 is 2.26 bits per heavy atom. The van der Waals surface area contributed by atoms with Crippen LogP contribution in [-0.2, 0) is 10.2 Å². The molecule has 214 valence electrons. The van der Waals surface area contributed by atoms with Crippen molar-refractivity contribution in [2.45, 2.75) is 63.7 Å². The number of carboxylic acids is 1. The van der Waals surface area contributed by atoms with Crippen LogP contribution in [0.3, 0.4) is 0 Å². The number of carboxylic acid groups (broad SMARTS) is 1. The summed E-state index contributed by atoms with van der Waals surface area (Å²) in [5.74, 6) is -3.75. The van der Waals surface area contributed by atoms with Gasteiger partial charge in [0.25, 0.3) is 0 Å². The lowest BCUT2D eigenvalue weighted by Gasteiger charge is -2.45. The zero-order valence-corrected chi connectivity index (χ0v) is 25.4. The van der Waals surface area contributed by atoms with Crippen molar-refractivity contribution in [1.82, 2.24) is 4.90 Å². The van der Waals surface area contributed by atoms with Gasteiger partial charge in [-0.25, -0.2) is 4.39 Å². The molecule has 2 aromatic rings. The van der Waals surface area contributed by atoms with Crippen LogP contribution >= 0.6 is 50.7 Å². The molecule has 1 unspecified atom stereocenters. The second kappa shape index (κ2) is 11.3. The monoisotopic (exact) mass is 671 g/mol. The third-order valence-corrected chi connectivity index (χ3v) is 10.4. The summed E-state index contributed by atoms with van der Waals surface area (Å²) < 4.78 is 60.8. The molecule has 0 aromatic heterocycles. The molecule has 2 aliphatic rings. The first-order valence-electron chi connectivity index (χ1n) is 12.7. The fraction of sp³-hybridized carbons (Fsp3) is 0.536. The number of hydrogen-bond acceptors (Lipinski definition) is 2. The summed E-state index contributed by atoms with van der Waals surface area (Å²) in [7, 11) is 0. The summed E-state index contributed by atoms with van der Waals surface area (Å²) in [6, 6.07) is 4.52. The highest BCUT2D eigenvalue weighted by molar-refractivity contribution is 9.10. The normalized spacial score (nSPS) is 30.2. The number of likely N-dealkylation sites (tertiary alicyclic amines) is 1. The van der Waals surface area contributed by atoms with E-state index in [1.54, 1.807) is 4.90 Å². The number of alkyl halides is 3. The molecule has 1 N–H and O–H groups in total. The van der Waals surface area contributed by atoms with Crippen molar-refractivity contribution in [2.24, 2.45) is 23.7 Å². The second-order valence-corrected chi connectivity index (χ2v) is 13.3. The smallest absolute Gasteiger partial charge is 0.400 e. The van der Waals surface area contributed by atoms with E-state index in [4.69, 9.17) is 34.8 Å². The van der Waals surface area contributed by atoms with Gasteiger partial charge in [-0.1, -0.05) is 68.1 Å². The fourth-order valence-corrected chi connectivity index (χ4v) is 7.73. The van der Waals surface area contributed by atoms with Gasteiger partial charge >= 0.3 is 12.1 Å². The van der Waals surface area contributed by atoms with E-state index >= 15 is 13.2 Å². The number of benzene rings is 2. The van der Waals surface area contributed by atoms with E-state index in [9.17, 15) is 14.3 Å². The molecule has 3 nitrogen and oxygen atoms in total. The average molecular weight is 674 g/mol. The maximum atomic E-state index is 15.5. The third-order valence-electron chi connectivity index (χ3n) is 8.61. The van der Waals surface area contributed by atoms with Crippen molar-refractivity contribution in [2.75, 3.05) is 6.54 Å². The molecule has 1 aliphatic heterocycles. The van der Waals surface area contributed by atoms with Gasteiger partial charge in [0.1, 0.15) is 11.2 Å². The van der Waals surface area contributed by atoms with E-state index in [1.807, 2.05) is 13.8 Å². The Kier molecular flexibility index (Phi) is 8.96. The largest absolute Gasteiger partial charge is 0.481 e. The molecule has 1 saturated carbocycles. The SMILES string of the molecule is CC(C)[C@@H]1CC[C@@H](C)C[C@H]1N1C[C@@](c2cc(Cl)c(Cl)c(Cl)c2)(C(F)(F)F)[C@H](C(=O)O)C1c1ccc(F)c(Br)c1. The summed E-state index contributed by atoms with van der Waals surface area (Å²) in [5, 5.41) is 10.1. The molecule has 4 rings (SSSR count). The van der Waals surface area contributed by atoms with E-state index in [2.05, 4.69) is 22.9 Å². The van der Waals surface area contributed by atoms with Gasteiger partial charge in [-0.3, -0.25) is 9.69 Å². The van der Waals surface area contributed by atoms with Crippen LogP contribution in [0.2, 0.25) is 15.1 Å². The lowest BCUT2D eigenvalue weighted by Crippen LogP contribution is -2.52. The number of halogens is 8. The average Bonchev–Trinajstić information content (AvgIpc) is 3.21. The first kappa shape index (κ1) is 30.9. The molecule has 39 heavy (non-hydrogen) atoms. The maximum Gasteiger partial charge on any atom is 0.400 e. The van der Waals surface area contributed by atoms with Gasteiger partial charge in [0.05, 0.1) is 25.5 Å². The Morgan fingerprint density at radius 2 is 1.74 bits per heavy atom. The van der Waals surface area contributed by atoms with Crippen LogP contribution in [0.5, 0.6) is 0 Å². The minimum atomic E-state index is -5.01. The summed E-state index contributed by atoms with van der Waals surface area (Å²) in [4.78, 5) is 14.7. The summed E-state index contributed by atoms with van der Waals surface area (Å²) in [6.45, 7) is 5.52. The standard InChI is InChI=1S/C28H29BrCl3F4NO2/c1-13(2)17-6-4-14(3)8-22(17)37-12-27(28(34,35)36,16-10-19(30)24(32)20(31)11-16)23(26(38)39)25(37)15-5-7-21(33)18(29)9-15/h5,7,9-11,13-14,17,22-23,25H,4,6,8,12H2,1-3H3,(H,38,39)/t14-,17+,22-,23+,25?,27+/m1/s1. The van der Waals surface area contributed by atoms with Crippen LogP contribution in [0.25, 0.3) is 0 Å².